The van der Waals surface area contributed by atoms with Gasteiger partial charge < -0.3 is 103 Å². The number of carboxylic acid groups (broad SMARTS) is 1. The molecule has 1 aromatic carbocycles. The van der Waals surface area contributed by atoms with Gasteiger partial charge in [-0.25, -0.2) is 9.18 Å². The molecule has 8 amide bonds. The molecule has 29 nitrogen and oxygen atoms in total. The number of nitrogens with two attached hydrogens (primary N) is 7. The number of aliphatic hydroxyl groups excluding tert-OH is 2. The Morgan fingerprint density at radius 1 is 0.714 bits per heavy atom. The van der Waals surface area contributed by atoms with Gasteiger partial charge in [0, 0.05) is 32.6 Å². The molecule has 0 radical (unpaired) electrons. The predicted octanol–water partition coefficient (Wildman–Crippen LogP) is -7.18. The van der Waals surface area contributed by atoms with Gasteiger partial charge in [0.15, 0.2) is 5.96 Å². The van der Waals surface area contributed by atoms with Gasteiger partial charge in [-0.1, -0.05) is 30.7 Å². The van der Waals surface area contributed by atoms with Crippen LogP contribution in [-0.2, 0) is 49.6 Å². The number of likely N-dealkylation sites (tertiary alicyclic amines) is 1. The lowest BCUT2D eigenvalue weighted by Gasteiger charge is -2.30. The molecule has 1 unspecified atom stereocenters. The summed E-state index contributed by atoms with van der Waals surface area (Å²) < 4.78 is 15.1. The number of aliphatic hydroxyl groups is 2. The number of hydrogen-bond donors (Lipinski definition) is 19. The molecule has 432 valence electrons. The summed E-state index contributed by atoms with van der Waals surface area (Å²) in [6.07, 6.45) is -0.157. The zero-order chi connectivity index (χ0) is 57.6. The third-order valence-corrected chi connectivity index (χ3v) is 12.2. The van der Waals surface area contributed by atoms with E-state index in [1.807, 2.05) is 0 Å². The predicted molar refractivity (Wildman–Crippen MR) is 278 cm³/mol. The normalized spacial score (nSPS) is 16.5. The van der Waals surface area contributed by atoms with Crippen molar-refractivity contribution in [2.45, 2.75) is 132 Å². The summed E-state index contributed by atoms with van der Waals surface area (Å²) in [6.45, 7) is -1.18. The molecule has 77 heavy (non-hydrogen) atoms. The van der Waals surface area contributed by atoms with Crippen LogP contribution >= 0.6 is 0 Å². The summed E-state index contributed by atoms with van der Waals surface area (Å²) in [5.41, 5.74) is 38.8. The Kier molecular flexibility index (Phi) is 30.4. The number of unbranched alkanes of at least 4 members (excludes halogenated alkanes) is 2. The van der Waals surface area contributed by atoms with Gasteiger partial charge in [0.05, 0.1) is 24.8 Å². The van der Waals surface area contributed by atoms with E-state index in [1.165, 1.54) is 29.2 Å². The average molecular weight is 1090 g/mol. The lowest BCUT2D eigenvalue weighted by molar-refractivity contribution is -0.142. The van der Waals surface area contributed by atoms with E-state index in [-0.39, 0.29) is 76.2 Å². The van der Waals surface area contributed by atoms with Crippen molar-refractivity contribution < 1.29 is 62.9 Å². The van der Waals surface area contributed by atoms with Crippen LogP contribution in [0.3, 0.4) is 0 Å². The maximum atomic E-state index is 15.1. The van der Waals surface area contributed by atoms with E-state index in [1.54, 1.807) is 0 Å². The van der Waals surface area contributed by atoms with Crippen molar-refractivity contribution in [1.29, 1.82) is 5.41 Å². The third-order valence-electron chi connectivity index (χ3n) is 12.2. The van der Waals surface area contributed by atoms with Gasteiger partial charge in [0.2, 0.25) is 47.3 Å². The first-order chi connectivity index (χ1) is 36.6. The summed E-state index contributed by atoms with van der Waals surface area (Å²) in [4.78, 5) is 122. The van der Waals surface area contributed by atoms with Gasteiger partial charge in [-0.15, -0.1) is 0 Å². The monoisotopic (exact) mass is 1090 g/mol. The number of nitrogens with one attached hydrogen (secondary N) is 9. The molecule has 0 bridgehead atoms. The number of rotatable bonds is 36. The van der Waals surface area contributed by atoms with Gasteiger partial charge in [0.1, 0.15) is 47.8 Å². The first-order valence-electron chi connectivity index (χ1n) is 25.4. The molecule has 1 heterocycles. The van der Waals surface area contributed by atoms with E-state index in [9.17, 15) is 58.5 Å². The molecular formula is C47H80FN17O12. The fourth-order valence-corrected chi connectivity index (χ4v) is 7.92. The molecule has 0 spiro atoms. The van der Waals surface area contributed by atoms with Crippen LogP contribution in [0.4, 0.5) is 4.39 Å². The van der Waals surface area contributed by atoms with E-state index >= 15 is 4.39 Å². The molecule has 0 aliphatic carbocycles. The van der Waals surface area contributed by atoms with Gasteiger partial charge in [-0.2, -0.15) is 0 Å². The summed E-state index contributed by atoms with van der Waals surface area (Å²) in [7, 11) is 0. The van der Waals surface area contributed by atoms with Crippen molar-refractivity contribution in [1.82, 2.24) is 47.4 Å². The van der Waals surface area contributed by atoms with E-state index < -0.39 is 145 Å². The van der Waals surface area contributed by atoms with E-state index in [4.69, 9.17) is 45.5 Å². The maximum Gasteiger partial charge on any atom is 0.352 e. The van der Waals surface area contributed by atoms with Crippen LogP contribution in [0, 0.1) is 11.2 Å². The molecule has 9 atom stereocenters. The van der Waals surface area contributed by atoms with Crippen molar-refractivity contribution in [2.24, 2.45) is 40.1 Å². The SMILES string of the molecule is N=C(N)NCC/C=C(\NC(=O)[C@H](CCCCN)NC(=O)C(Cc1ccccc1F)NC(=O)[C@@H]1CCCN1C(=O)[C@@H](CCCN)NC(=O)CNC(=O)[C@@H](NC(=O)[C@@H](NC(=O)[C@@H](N)CCCCN)[C@@H](O)CN)[C@@H](O)CN)C(=O)O. The van der Waals surface area contributed by atoms with Crippen LogP contribution in [0.1, 0.15) is 76.2 Å². The third kappa shape index (κ3) is 23.1. The van der Waals surface area contributed by atoms with Crippen molar-refractivity contribution >= 4 is 59.2 Å². The summed E-state index contributed by atoms with van der Waals surface area (Å²) in [6, 6.07) is -4.76. The highest BCUT2D eigenvalue weighted by Gasteiger charge is 2.40. The minimum Gasteiger partial charge on any atom is -0.477 e. The molecule has 1 fully saturated rings. The van der Waals surface area contributed by atoms with E-state index in [0.29, 0.717) is 38.6 Å². The minimum atomic E-state index is -1.84. The number of halogens is 1. The Balaban J connectivity index is 2.32. The van der Waals surface area contributed by atoms with Gasteiger partial charge in [-0.3, -0.25) is 43.8 Å². The number of guanidine groups is 1. The van der Waals surface area contributed by atoms with Crippen molar-refractivity contribution in [3.05, 3.63) is 47.4 Å². The van der Waals surface area contributed by atoms with Crippen molar-refractivity contribution in [3.63, 3.8) is 0 Å². The highest BCUT2D eigenvalue weighted by molar-refractivity contribution is 5.99. The molecule has 2 rings (SSSR count). The molecule has 26 N–H and O–H groups in total. The number of nitrogens with zero attached hydrogens (tertiary/aromatic N) is 1. The van der Waals surface area contributed by atoms with Crippen LogP contribution in [0.2, 0.25) is 0 Å². The van der Waals surface area contributed by atoms with Gasteiger partial charge in [-0.05, 0) is 95.5 Å². The molecule has 1 aliphatic rings. The largest absolute Gasteiger partial charge is 0.477 e. The smallest absolute Gasteiger partial charge is 0.352 e. The van der Waals surface area contributed by atoms with Gasteiger partial charge >= 0.3 is 5.97 Å². The lowest BCUT2D eigenvalue weighted by Crippen LogP contribution is -2.63. The molecule has 1 aromatic rings. The summed E-state index contributed by atoms with van der Waals surface area (Å²) >= 11 is 0. The van der Waals surface area contributed by atoms with E-state index in [0.717, 1.165) is 6.07 Å². The Bertz CT molecular complexity index is 2180. The second-order valence-electron chi connectivity index (χ2n) is 18.2. The molecule has 1 aliphatic heterocycles. The number of aliphatic carboxylic acids is 1. The number of amides is 8. The standard InChI is InChI=1S/C47H80FN17O12/c48-27-11-2-1-10-26(27)22-32(41(71)60-29(13-4-6-18-50)40(70)61-31(46(76)77)15-8-20-57-47(55)56)62-42(72)33-16-9-21-65(33)45(75)30(14-7-19-51)59-36(68)25-58-43(73)37(34(66)23-52)64-44(74)38(35(67)24-53)63-39(69)28(54)12-3-5-17-49/h1-2,10-11,15,28-30,32-35,37-38,66-67H,3-9,12-14,16-25,49-54H2,(H,58,73)(H,59,68)(H,60,71)(H,61,70)(H,62,72)(H,63,69)(H,64,74)(H,76,77)(H4,55,56,57)/b31-15-/t28-,29-,30+,32?,33-,34-,35-,37-,38-/m0/s1. The first kappa shape index (κ1) is 66.2. The number of carbonyl (C=O) groups excluding carboxylic acids is 8. The number of carbonyl (C=O) groups is 9. The van der Waals surface area contributed by atoms with Crippen LogP contribution in [0.25, 0.3) is 0 Å². The minimum absolute atomic E-state index is 0.00295. The topological polar surface area (TPSA) is 520 Å². The van der Waals surface area contributed by atoms with Crippen molar-refractivity contribution in [2.75, 3.05) is 52.4 Å². The fourth-order valence-electron chi connectivity index (χ4n) is 7.92. The average Bonchev–Trinajstić information content (AvgIpc) is 3.90. The first-order valence-corrected chi connectivity index (χ1v) is 25.4. The summed E-state index contributed by atoms with van der Waals surface area (Å²) in [5, 5.41) is 57.4. The molecule has 1 saturated heterocycles. The number of hydrogen-bond acceptors (Lipinski definition) is 18. The highest BCUT2D eigenvalue weighted by Crippen LogP contribution is 2.21. The second-order valence-corrected chi connectivity index (χ2v) is 18.2. The number of benzene rings is 1. The van der Waals surface area contributed by atoms with Crippen molar-refractivity contribution in [3.8, 4) is 0 Å². The molecule has 0 saturated carbocycles. The Labute approximate surface area is 445 Å². The van der Waals surface area contributed by atoms with Crippen LogP contribution in [0.5, 0.6) is 0 Å². The Hall–Kier alpha value is -6.93. The molecule has 30 heteroatoms. The van der Waals surface area contributed by atoms with Crippen LogP contribution in [-0.4, -0.2) is 186 Å². The number of carboxylic acids is 1. The second kappa shape index (κ2) is 35.4. The zero-order valence-corrected chi connectivity index (χ0v) is 43.1. The van der Waals surface area contributed by atoms with E-state index in [2.05, 4.69) is 42.5 Å². The van der Waals surface area contributed by atoms with Crippen LogP contribution < -0.4 is 82.7 Å². The fraction of sp³-hybridized carbons (Fsp3) is 0.617. The van der Waals surface area contributed by atoms with Gasteiger partial charge in [0.25, 0.3) is 0 Å². The van der Waals surface area contributed by atoms with Crippen LogP contribution in [0.15, 0.2) is 36.0 Å². The zero-order valence-electron chi connectivity index (χ0n) is 43.1. The highest BCUT2D eigenvalue weighted by atomic mass is 19.1. The molecular weight excluding hydrogens is 1010 g/mol. The maximum absolute atomic E-state index is 15.1. The Morgan fingerprint density at radius 2 is 1.31 bits per heavy atom. The summed E-state index contributed by atoms with van der Waals surface area (Å²) in [5.74, 6) is -10.1. The Morgan fingerprint density at radius 3 is 1.91 bits per heavy atom. The quantitative estimate of drug-likeness (QED) is 0.0128. The lowest BCUT2D eigenvalue weighted by atomic mass is 10.0. The molecule has 0 aromatic heterocycles.